The molecule has 0 atom stereocenters. The van der Waals surface area contributed by atoms with Crippen LogP contribution in [0, 0.1) is 5.82 Å². The molecule has 0 spiro atoms. The summed E-state index contributed by atoms with van der Waals surface area (Å²) in [5.74, 6) is 0.692. The highest BCUT2D eigenvalue weighted by Gasteiger charge is 2.11. The van der Waals surface area contributed by atoms with Crippen molar-refractivity contribution in [3.8, 4) is 23.0 Å². The fraction of sp³-hybridized carbons (Fsp3) is 0.120. The van der Waals surface area contributed by atoms with Gasteiger partial charge in [-0.25, -0.2) is 4.39 Å². The average Bonchev–Trinajstić information content (AvgIpc) is 2.84. The summed E-state index contributed by atoms with van der Waals surface area (Å²) in [6.45, 7) is 0.160. The molecule has 4 aromatic rings. The molecule has 1 N–H and O–H groups in total. The molecule has 3 aromatic carbocycles. The maximum absolute atomic E-state index is 13.0. The van der Waals surface area contributed by atoms with Crippen molar-refractivity contribution in [3.63, 3.8) is 0 Å². The van der Waals surface area contributed by atoms with Crippen LogP contribution in [0.15, 0.2) is 82.2 Å². The van der Waals surface area contributed by atoms with Gasteiger partial charge in [-0.2, -0.15) is 0 Å². The Morgan fingerprint density at radius 2 is 1.67 bits per heavy atom. The minimum absolute atomic E-state index is 0.0271. The molecule has 0 saturated heterocycles. The highest BCUT2D eigenvalue weighted by atomic mass is 19.1. The van der Waals surface area contributed by atoms with Crippen LogP contribution >= 0.6 is 0 Å². The lowest BCUT2D eigenvalue weighted by Crippen LogP contribution is -2.28. The van der Waals surface area contributed by atoms with E-state index in [-0.39, 0.29) is 34.7 Å². The number of carbonyl (C=O) groups is 1. The van der Waals surface area contributed by atoms with E-state index in [4.69, 9.17) is 18.6 Å². The van der Waals surface area contributed by atoms with E-state index in [0.29, 0.717) is 18.0 Å². The monoisotopic (exact) mass is 449 g/mol. The molecular formula is C25H20FNO6. The Morgan fingerprint density at radius 1 is 0.970 bits per heavy atom. The zero-order valence-electron chi connectivity index (χ0n) is 17.7. The van der Waals surface area contributed by atoms with Crippen molar-refractivity contribution in [2.75, 3.05) is 13.7 Å². The standard InChI is InChI=1S/C25H20FNO6/c1-30-18-6-2-16(3-7-18)13-27-24(28)15-31-20-10-11-21-22(12-20)32-14-23(25(21)29)33-19-8-4-17(26)5-9-19/h2-12,14H,13,15H2,1H3,(H,27,28). The third kappa shape index (κ3) is 5.48. The van der Waals surface area contributed by atoms with Crippen molar-refractivity contribution in [2.24, 2.45) is 0 Å². The predicted molar refractivity (Wildman–Crippen MR) is 119 cm³/mol. The molecule has 33 heavy (non-hydrogen) atoms. The number of methoxy groups -OCH3 is 1. The zero-order chi connectivity index (χ0) is 23.2. The SMILES string of the molecule is COc1ccc(CNC(=O)COc2ccc3c(=O)c(Oc4ccc(F)cc4)coc3c2)cc1. The number of benzene rings is 3. The van der Waals surface area contributed by atoms with Crippen molar-refractivity contribution < 1.29 is 27.8 Å². The number of hydrogen-bond donors (Lipinski definition) is 1. The number of rotatable bonds is 8. The van der Waals surface area contributed by atoms with Crippen molar-refractivity contribution >= 4 is 16.9 Å². The molecule has 168 valence electrons. The van der Waals surface area contributed by atoms with E-state index in [1.54, 1.807) is 13.2 Å². The second-order valence-electron chi connectivity index (χ2n) is 7.06. The summed E-state index contributed by atoms with van der Waals surface area (Å²) in [4.78, 5) is 24.8. The van der Waals surface area contributed by atoms with Crippen LogP contribution in [0.1, 0.15) is 5.56 Å². The van der Waals surface area contributed by atoms with Gasteiger partial charge in [0.2, 0.25) is 11.2 Å². The summed E-state index contributed by atoms with van der Waals surface area (Å²) in [5.41, 5.74) is 0.822. The van der Waals surface area contributed by atoms with Gasteiger partial charge in [-0.1, -0.05) is 12.1 Å². The molecule has 8 heteroatoms. The highest BCUT2D eigenvalue weighted by molar-refractivity contribution is 5.80. The number of halogens is 1. The number of fused-ring (bicyclic) bond motifs is 1. The lowest BCUT2D eigenvalue weighted by Gasteiger charge is -2.09. The maximum atomic E-state index is 13.0. The normalized spacial score (nSPS) is 10.6. The van der Waals surface area contributed by atoms with Crippen LogP contribution in [0.4, 0.5) is 4.39 Å². The van der Waals surface area contributed by atoms with Crippen LogP contribution in [-0.4, -0.2) is 19.6 Å². The van der Waals surface area contributed by atoms with E-state index < -0.39 is 5.82 Å². The van der Waals surface area contributed by atoms with Gasteiger partial charge in [0.05, 0.1) is 12.5 Å². The molecule has 1 heterocycles. The Bertz CT molecular complexity index is 1320. The van der Waals surface area contributed by atoms with Gasteiger partial charge in [-0.3, -0.25) is 9.59 Å². The molecule has 0 bridgehead atoms. The number of amides is 1. The van der Waals surface area contributed by atoms with Gasteiger partial charge in [-0.15, -0.1) is 0 Å². The first kappa shape index (κ1) is 21.9. The topological polar surface area (TPSA) is 87.0 Å². The van der Waals surface area contributed by atoms with E-state index >= 15 is 0 Å². The number of carbonyl (C=O) groups excluding carboxylic acids is 1. The Hall–Kier alpha value is -4.33. The molecule has 0 fully saturated rings. The van der Waals surface area contributed by atoms with Crippen LogP contribution in [0.5, 0.6) is 23.0 Å². The molecule has 0 aliphatic carbocycles. The third-order valence-electron chi connectivity index (χ3n) is 4.77. The molecule has 1 amide bonds. The van der Waals surface area contributed by atoms with E-state index in [1.807, 2.05) is 24.3 Å². The van der Waals surface area contributed by atoms with Crippen molar-refractivity contribution in [3.05, 3.63) is 94.6 Å². The zero-order valence-corrected chi connectivity index (χ0v) is 17.7. The fourth-order valence-electron chi connectivity index (χ4n) is 3.02. The molecule has 4 rings (SSSR count). The van der Waals surface area contributed by atoms with Crippen molar-refractivity contribution in [1.82, 2.24) is 5.32 Å². The molecule has 0 aliphatic heterocycles. The van der Waals surface area contributed by atoms with Gasteiger partial charge in [0, 0.05) is 12.6 Å². The minimum atomic E-state index is -0.408. The number of ether oxygens (including phenoxy) is 3. The molecule has 0 radical (unpaired) electrons. The highest BCUT2D eigenvalue weighted by Crippen LogP contribution is 2.24. The Labute approximate surface area is 188 Å². The molecule has 0 aliphatic rings. The van der Waals surface area contributed by atoms with Crippen LogP contribution < -0.4 is 25.0 Å². The third-order valence-corrected chi connectivity index (χ3v) is 4.77. The lowest BCUT2D eigenvalue weighted by atomic mass is 10.2. The lowest BCUT2D eigenvalue weighted by molar-refractivity contribution is -0.123. The summed E-state index contributed by atoms with van der Waals surface area (Å²) in [6, 6.07) is 17.3. The molecule has 0 saturated carbocycles. The largest absolute Gasteiger partial charge is 0.497 e. The van der Waals surface area contributed by atoms with E-state index in [9.17, 15) is 14.0 Å². The van der Waals surface area contributed by atoms with E-state index in [0.717, 1.165) is 11.3 Å². The quantitative estimate of drug-likeness (QED) is 0.428. The van der Waals surface area contributed by atoms with Gasteiger partial charge in [0.25, 0.3) is 5.91 Å². The number of hydrogen-bond acceptors (Lipinski definition) is 6. The Morgan fingerprint density at radius 3 is 2.39 bits per heavy atom. The van der Waals surface area contributed by atoms with E-state index in [2.05, 4.69) is 5.32 Å². The van der Waals surface area contributed by atoms with Gasteiger partial charge >= 0.3 is 0 Å². The Balaban J connectivity index is 1.36. The second-order valence-corrected chi connectivity index (χ2v) is 7.06. The smallest absolute Gasteiger partial charge is 0.258 e. The summed E-state index contributed by atoms with van der Waals surface area (Å²) in [6.07, 6.45) is 1.18. The van der Waals surface area contributed by atoms with Gasteiger partial charge in [-0.05, 0) is 54.1 Å². The van der Waals surface area contributed by atoms with Crippen LogP contribution in [0.25, 0.3) is 11.0 Å². The van der Waals surface area contributed by atoms with Gasteiger partial charge in [0.1, 0.15) is 34.9 Å². The first-order valence-electron chi connectivity index (χ1n) is 10.0. The minimum Gasteiger partial charge on any atom is -0.497 e. The number of nitrogens with one attached hydrogen (secondary N) is 1. The summed E-state index contributed by atoms with van der Waals surface area (Å²) >= 11 is 0. The summed E-state index contributed by atoms with van der Waals surface area (Å²) < 4.78 is 34.6. The predicted octanol–water partition coefficient (Wildman–Crippen LogP) is 4.43. The first-order valence-corrected chi connectivity index (χ1v) is 10.0. The van der Waals surface area contributed by atoms with E-state index in [1.165, 1.54) is 42.7 Å². The van der Waals surface area contributed by atoms with Crippen LogP contribution in [0.3, 0.4) is 0 Å². The first-order chi connectivity index (χ1) is 16.0. The maximum Gasteiger partial charge on any atom is 0.258 e. The average molecular weight is 449 g/mol. The Kier molecular flexibility index (Phi) is 6.54. The molecule has 0 unspecified atom stereocenters. The van der Waals surface area contributed by atoms with Crippen LogP contribution in [-0.2, 0) is 11.3 Å². The summed E-state index contributed by atoms with van der Waals surface area (Å²) in [5, 5.41) is 3.05. The van der Waals surface area contributed by atoms with Gasteiger partial charge in [0.15, 0.2) is 6.61 Å². The molecular weight excluding hydrogens is 429 g/mol. The second kappa shape index (κ2) is 9.86. The van der Waals surface area contributed by atoms with Gasteiger partial charge < -0.3 is 23.9 Å². The van der Waals surface area contributed by atoms with Crippen LogP contribution in [0.2, 0.25) is 0 Å². The molecule has 7 nitrogen and oxygen atoms in total. The van der Waals surface area contributed by atoms with Crippen molar-refractivity contribution in [1.29, 1.82) is 0 Å². The molecule has 1 aromatic heterocycles. The summed E-state index contributed by atoms with van der Waals surface area (Å²) in [7, 11) is 1.59. The fourth-order valence-corrected chi connectivity index (χ4v) is 3.02. The van der Waals surface area contributed by atoms with Crippen molar-refractivity contribution in [2.45, 2.75) is 6.54 Å².